The third kappa shape index (κ3) is 4.66. The minimum absolute atomic E-state index is 0.0811. The van der Waals surface area contributed by atoms with Crippen molar-refractivity contribution >= 4 is 29.3 Å². The lowest BCUT2D eigenvalue weighted by atomic mass is 9.97. The Morgan fingerprint density at radius 3 is 2.34 bits per heavy atom. The quantitative estimate of drug-likeness (QED) is 0.524. The van der Waals surface area contributed by atoms with Crippen LogP contribution in [0.1, 0.15) is 40.8 Å². The Hall–Kier alpha value is -3.65. The second kappa shape index (κ2) is 9.92. The first-order valence-corrected chi connectivity index (χ1v) is 12.6. The van der Waals surface area contributed by atoms with Gasteiger partial charge in [-0.3, -0.25) is 9.59 Å². The van der Waals surface area contributed by atoms with Gasteiger partial charge in [0.25, 0.3) is 5.91 Å². The number of hydrogen-bond donors (Lipinski definition) is 2. The molecule has 5 rings (SSSR count). The summed E-state index contributed by atoms with van der Waals surface area (Å²) < 4.78 is 5.65. The van der Waals surface area contributed by atoms with Crippen LogP contribution in [0.2, 0.25) is 0 Å². The second-order valence-electron chi connectivity index (χ2n) is 8.88. The van der Waals surface area contributed by atoms with E-state index in [1.165, 1.54) is 16.2 Å². The Morgan fingerprint density at radius 1 is 1.03 bits per heavy atom. The molecule has 0 spiro atoms. The van der Waals surface area contributed by atoms with E-state index < -0.39 is 24.0 Å². The van der Waals surface area contributed by atoms with Crippen LogP contribution in [-0.4, -0.2) is 47.7 Å². The van der Waals surface area contributed by atoms with Crippen LogP contribution in [0.5, 0.6) is 0 Å². The number of carboxylic acids is 1. The lowest BCUT2D eigenvalue weighted by molar-refractivity contribution is -0.146. The summed E-state index contributed by atoms with van der Waals surface area (Å²) in [6.45, 7) is 0.759. The van der Waals surface area contributed by atoms with E-state index >= 15 is 0 Å². The maximum atomic E-state index is 13.4. The maximum Gasteiger partial charge on any atom is 0.408 e. The van der Waals surface area contributed by atoms with E-state index in [-0.39, 0.29) is 25.0 Å². The Bertz CT molecular complexity index is 1200. The minimum Gasteiger partial charge on any atom is -0.481 e. The summed E-state index contributed by atoms with van der Waals surface area (Å²) in [5.74, 6) is -1.89. The van der Waals surface area contributed by atoms with Crippen molar-refractivity contribution in [1.29, 1.82) is 0 Å². The van der Waals surface area contributed by atoms with Gasteiger partial charge in [-0.05, 0) is 46.5 Å². The number of carbonyl (C=O) groups is 3. The topological polar surface area (TPSA) is 95.9 Å². The van der Waals surface area contributed by atoms with Gasteiger partial charge in [-0.2, -0.15) is 0 Å². The monoisotopic (exact) mass is 490 g/mol. The molecule has 2 heterocycles. The number of ether oxygens (including phenoxy) is 1. The Labute approximate surface area is 207 Å². The lowest BCUT2D eigenvalue weighted by Crippen LogP contribution is -2.48. The number of alkyl carbamates (subject to hydrolysis) is 1. The van der Waals surface area contributed by atoms with Crippen molar-refractivity contribution < 1.29 is 24.2 Å². The first-order valence-electron chi connectivity index (χ1n) is 11.7. The van der Waals surface area contributed by atoms with Crippen LogP contribution in [0.3, 0.4) is 0 Å². The fourth-order valence-corrected chi connectivity index (χ4v) is 5.80. The summed E-state index contributed by atoms with van der Waals surface area (Å²) >= 11 is 1.36. The number of aliphatic carboxylic acids is 1. The highest BCUT2D eigenvalue weighted by Gasteiger charge is 2.35. The van der Waals surface area contributed by atoms with Crippen LogP contribution in [0.15, 0.2) is 66.0 Å². The predicted molar refractivity (Wildman–Crippen MR) is 132 cm³/mol. The van der Waals surface area contributed by atoms with Gasteiger partial charge in [-0.15, -0.1) is 11.3 Å². The number of benzene rings is 2. The van der Waals surface area contributed by atoms with E-state index in [0.717, 1.165) is 22.3 Å². The molecule has 2 atom stereocenters. The lowest BCUT2D eigenvalue weighted by Gasteiger charge is -2.33. The molecule has 2 aliphatic rings. The van der Waals surface area contributed by atoms with E-state index in [1.54, 1.807) is 6.07 Å². The number of rotatable bonds is 6. The van der Waals surface area contributed by atoms with E-state index in [4.69, 9.17) is 4.74 Å². The fourth-order valence-electron chi connectivity index (χ4n) is 5.03. The van der Waals surface area contributed by atoms with Crippen molar-refractivity contribution in [3.05, 3.63) is 82.0 Å². The predicted octanol–water partition coefficient (Wildman–Crippen LogP) is 4.65. The van der Waals surface area contributed by atoms with Crippen molar-refractivity contribution in [1.82, 2.24) is 10.2 Å². The zero-order chi connectivity index (χ0) is 24.4. The Morgan fingerprint density at radius 2 is 1.71 bits per heavy atom. The number of nitrogens with one attached hydrogen (secondary N) is 1. The number of hydrogen-bond acceptors (Lipinski definition) is 5. The summed E-state index contributed by atoms with van der Waals surface area (Å²) in [7, 11) is 0. The minimum atomic E-state index is -0.918. The number of piperidine rings is 1. The number of nitrogens with zero attached hydrogens (tertiary/aromatic N) is 1. The number of thiophene rings is 1. The first kappa shape index (κ1) is 23.1. The summed E-state index contributed by atoms with van der Waals surface area (Å²) in [4.78, 5) is 39.9. The van der Waals surface area contributed by atoms with Crippen molar-refractivity contribution in [2.24, 2.45) is 5.92 Å². The van der Waals surface area contributed by atoms with E-state index in [1.807, 2.05) is 35.7 Å². The summed E-state index contributed by atoms with van der Waals surface area (Å²) in [6.07, 6.45) is 0.485. The molecular formula is C27H26N2O5S. The van der Waals surface area contributed by atoms with Gasteiger partial charge in [0.1, 0.15) is 12.6 Å². The largest absolute Gasteiger partial charge is 0.481 e. The van der Waals surface area contributed by atoms with Gasteiger partial charge in [0.2, 0.25) is 0 Å². The molecule has 35 heavy (non-hydrogen) atoms. The molecule has 1 aliphatic heterocycles. The molecule has 1 aliphatic carbocycles. The molecule has 8 heteroatoms. The van der Waals surface area contributed by atoms with Crippen LogP contribution in [0.25, 0.3) is 11.1 Å². The second-order valence-corrected chi connectivity index (χ2v) is 9.86. The number of carbonyl (C=O) groups excluding carboxylic acids is 2. The molecule has 180 valence electrons. The third-order valence-electron chi connectivity index (χ3n) is 6.76. The van der Waals surface area contributed by atoms with Gasteiger partial charge in [0.05, 0.1) is 5.92 Å². The van der Waals surface area contributed by atoms with Crippen LogP contribution < -0.4 is 5.32 Å². The van der Waals surface area contributed by atoms with Crippen molar-refractivity contribution in [3.8, 4) is 11.1 Å². The highest BCUT2D eigenvalue weighted by molar-refractivity contribution is 7.10. The zero-order valence-corrected chi connectivity index (χ0v) is 19.9. The average molecular weight is 491 g/mol. The molecule has 3 aromatic rings. The van der Waals surface area contributed by atoms with Crippen molar-refractivity contribution in [2.75, 3.05) is 19.7 Å². The molecule has 2 amide bonds. The molecule has 1 fully saturated rings. The average Bonchev–Trinajstić information content (AvgIpc) is 3.52. The van der Waals surface area contributed by atoms with Gasteiger partial charge in [0.15, 0.2) is 0 Å². The molecule has 0 bridgehead atoms. The zero-order valence-electron chi connectivity index (χ0n) is 19.1. The molecular weight excluding hydrogens is 464 g/mol. The van der Waals surface area contributed by atoms with Gasteiger partial charge in [0, 0.05) is 23.9 Å². The molecule has 7 nitrogen and oxygen atoms in total. The van der Waals surface area contributed by atoms with E-state index in [9.17, 15) is 19.5 Å². The summed E-state index contributed by atoms with van der Waals surface area (Å²) in [5.41, 5.74) is 4.50. The number of carboxylic acid groups (broad SMARTS) is 1. The fraction of sp³-hybridized carbons (Fsp3) is 0.296. The highest BCUT2D eigenvalue weighted by Crippen LogP contribution is 2.44. The van der Waals surface area contributed by atoms with Crippen molar-refractivity contribution in [3.63, 3.8) is 0 Å². The van der Waals surface area contributed by atoms with Gasteiger partial charge in [-0.25, -0.2) is 4.79 Å². The van der Waals surface area contributed by atoms with Gasteiger partial charge >= 0.3 is 12.1 Å². The molecule has 1 saturated heterocycles. The molecule has 1 aromatic heterocycles. The highest BCUT2D eigenvalue weighted by atomic mass is 32.1. The van der Waals surface area contributed by atoms with Crippen LogP contribution in [0.4, 0.5) is 4.79 Å². The van der Waals surface area contributed by atoms with Crippen LogP contribution >= 0.6 is 11.3 Å². The number of amides is 2. The Kier molecular flexibility index (Phi) is 6.55. The number of likely N-dealkylation sites (tertiary alicyclic amines) is 1. The molecule has 2 aromatic carbocycles. The summed E-state index contributed by atoms with van der Waals surface area (Å²) in [5, 5.41) is 14.0. The van der Waals surface area contributed by atoms with E-state index in [0.29, 0.717) is 24.3 Å². The SMILES string of the molecule is O=C(NC(C(=O)N1CCC[C@H](C(=O)O)C1)c1cccs1)OCC1c2ccccc2-c2ccccc21. The molecule has 0 saturated carbocycles. The van der Waals surface area contributed by atoms with Crippen LogP contribution in [0, 0.1) is 5.92 Å². The smallest absolute Gasteiger partial charge is 0.408 e. The molecule has 0 radical (unpaired) electrons. The van der Waals surface area contributed by atoms with Gasteiger partial charge in [-0.1, -0.05) is 54.6 Å². The normalized spacial score (nSPS) is 17.8. The Balaban J connectivity index is 1.29. The molecule has 2 N–H and O–H groups in total. The van der Waals surface area contributed by atoms with Crippen molar-refractivity contribution in [2.45, 2.75) is 24.8 Å². The summed E-state index contributed by atoms with van der Waals surface area (Å²) in [6, 6.07) is 18.9. The third-order valence-corrected chi connectivity index (χ3v) is 7.70. The maximum absolute atomic E-state index is 13.4. The van der Waals surface area contributed by atoms with Gasteiger partial charge < -0.3 is 20.1 Å². The number of fused-ring (bicyclic) bond motifs is 3. The molecule has 1 unspecified atom stereocenters. The van der Waals surface area contributed by atoms with Crippen LogP contribution in [-0.2, 0) is 14.3 Å². The van der Waals surface area contributed by atoms with E-state index in [2.05, 4.69) is 29.6 Å². The standard InChI is InChI=1S/C27H26N2O5S/c30-25(29-13-5-7-17(15-29)26(31)32)24(23-12-6-14-35-23)28-27(33)34-16-22-20-10-3-1-8-18(20)19-9-2-4-11-21(19)22/h1-4,6,8-12,14,17,22,24H,5,7,13,15-16H2,(H,28,33)(H,31,32)/t17-,24?/m0/s1. The first-order chi connectivity index (χ1) is 17.0.